The fraction of sp³-hybridized carbons (Fsp3) is 0.588. The van der Waals surface area contributed by atoms with Crippen LogP contribution in [0.15, 0.2) is 18.2 Å². The molecule has 1 aliphatic heterocycles. The third-order valence-corrected chi connectivity index (χ3v) is 4.10. The number of ether oxygens (including phenoxy) is 1. The molecule has 0 aliphatic carbocycles. The normalized spacial score (nSPS) is 18.6. The standard InChI is InChI=1S/C17H26N2O2/c1-11(2)13(4)19-16(20)10-21-15-7-5-6-14-9-8-12(3)18-17(14)15/h5-7,11-13,18H,8-10H2,1-4H3,(H,19,20). The molecule has 1 aromatic rings. The van der Waals surface area contributed by atoms with Gasteiger partial charge in [0.15, 0.2) is 6.61 Å². The Bertz CT molecular complexity index is 500. The van der Waals surface area contributed by atoms with E-state index < -0.39 is 0 Å². The smallest absolute Gasteiger partial charge is 0.258 e. The zero-order valence-electron chi connectivity index (χ0n) is 13.4. The SMILES string of the molecule is CC1CCc2cccc(OCC(=O)NC(C)C(C)C)c2N1. The van der Waals surface area contributed by atoms with Crippen molar-refractivity contribution in [2.24, 2.45) is 5.92 Å². The molecule has 116 valence electrons. The molecule has 4 heteroatoms. The number of anilines is 1. The van der Waals surface area contributed by atoms with Crippen molar-refractivity contribution >= 4 is 11.6 Å². The van der Waals surface area contributed by atoms with Crippen molar-refractivity contribution in [1.82, 2.24) is 5.32 Å². The average molecular weight is 290 g/mol. The van der Waals surface area contributed by atoms with Crippen LogP contribution in [0.2, 0.25) is 0 Å². The summed E-state index contributed by atoms with van der Waals surface area (Å²) in [6.07, 6.45) is 2.18. The predicted molar refractivity (Wildman–Crippen MR) is 85.8 cm³/mol. The van der Waals surface area contributed by atoms with E-state index in [1.54, 1.807) is 0 Å². The molecule has 0 spiro atoms. The largest absolute Gasteiger partial charge is 0.482 e. The minimum atomic E-state index is -0.0716. The molecule has 0 saturated heterocycles. The Hall–Kier alpha value is -1.71. The minimum absolute atomic E-state index is 0.0591. The van der Waals surface area contributed by atoms with Gasteiger partial charge in [0.1, 0.15) is 5.75 Å². The van der Waals surface area contributed by atoms with Crippen molar-refractivity contribution in [2.45, 2.75) is 52.6 Å². The summed E-state index contributed by atoms with van der Waals surface area (Å²) in [5.74, 6) is 1.12. The van der Waals surface area contributed by atoms with Crippen LogP contribution in [-0.2, 0) is 11.2 Å². The molecule has 2 atom stereocenters. The number of amides is 1. The summed E-state index contributed by atoms with van der Waals surface area (Å²) in [5.41, 5.74) is 2.31. The zero-order valence-corrected chi connectivity index (χ0v) is 13.4. The summed E-state index contributed by atoms with van der Waals surface area (Å²) in [6, 6.07) is 6.62. The summed E-state index contributed by atoms with van der Waals surface area (Å²) >= 11 is 0. The second kappa shape index (κ2) is 6.83. The van der Waals surface area contributed by atoms with E-state index in [0.29, 0.717) is 12.0 Å². The quantitative estimate of drug-likeness (QED) is 0.876. The number of rotatable bonds is 5. The lowest BCUT2D eigenvalue weighted by molar-refractivity contribution is -0.123. The number of para-hydroxylation sites is 1. The van der Waals surface area contributed by atoms with E-state index in [-0.39, 0.29) is 18.6 Å². The van der Waals surface area contributed by atoms with Gasteiger partial charge in [0.2, 0.25) is 0 Å². The second-order valence-electron chi connectivity index (χ2n) is 6.26. The summed E-state index contributed by atoms with van der Waals surface area (Å²) in [6.45, 7) is 8.41. The lowest BCUT2D eigenvalue weighted by Crippen LogP contribution is -2.39. The Morgan fingerprint density at radius 3 is 2.90 bits per heavy atom. The van der Waals surface area contributed by atoms with Crippen LogP contribution in [-0.4, -0.2) is 24.6 Å². The van der Waals surface area contributed by atoms with Crippen molar-refractivity contribution in [3.05, 3.63) is 23.8 Å². The second-order valence-corrected chi connectivity index (χ2v) is 6.26. The monoisotopic (exact) mass is 290 g/mol. The first-order valence-electron chi connectivity index (χ1n) is 7.78. The van der Waals surface area contributed by atoms with E-state index in [1.165, 1.54) is 5.56 Å². The Morgan fingerprint density at radius 2 is 2.19 bits per heavy atom. The van der Waals surface area contributed by atoms with E-state index in [9.17, 15) is 4.79 Å². The molecular formula is C17H26N2O2. The Labute approximate surface area is 127 Å². The molecule has 1 amide bonds. The first kappa shape index (κ1) is 15.7. The van der Waals surface area contributed by atoms with Crippen molar-refractivity contribution < 1.29 is 9.53 Å². The van der Waals surface area contributed by atoms with Gasteiger partial charge in [-0.2, -0.15) is 0 Å². The number of carbonyl (C=O) groups excluding carboxylic acids is 1. The summed E-state index contributed by atoms with van der Waals surface area (Å²) < 4.78 is 5.72. The van der Waals surface area contributed by atoms with Gasteiger partial charge < -0.3 is 15.4 Å². The highest BCUT2D eigenvalue weighted by atomic mass is 16.5. The number of aryl methyl sites for hydroxylation is 1. The average Bonchev–Trinajstić information content (AvgIpc) is 2.44. The van der Waals surface area contributed by atoms with Gasteiger partial charge in [0.25, 0.3) is 5.91 Å². The van der Waals surface area contributed by atoms with Gasteiger partial charge in [-0.1, -0.05) is 26.0 Å². The van der Waals surface area contributed by atoms with Crippen molar-refractivity contribution in [2.75, 3.05) is 11.9 Å². The summed E-state index contributed by atoms with van der Waals surface area (Å²) in [5, 5.41) is 6.41. The third kappa shape index (κ3) is 4.13. The van der Waals surface area contributed by atoms with Crippen LogP contribution >= 0.6 is 0 Å². The molecule has 2 rings (SSSR count). The van der Waals surface area contributed by atoms with Crippen LogP contribution in [0.1, 0.15) is 39.7 Å². The van der Waals surface area contributed by atoms with Gasteiger partial charge in [0.05, 0.1) is 5.69 Å². The molecule has 0 fully saturated rings. The lowest BCUT2D eigenvalue weighted by Gasteiger charge is -2.26. The first-order chi connectivity index (χ1) is 9.97. The van der Waals surface area contributed by atoms with Gasteiger partial charge >= 0.3 is 0 Å². The van der Waals surface area contributed by atoms with Crippen LogP contribution in [0, 0.1) is 5.92 Å². The van der Waals surface area contributed by atoms with E-state index in [4.69, 9.17) is 4.74 Å². The molecule has 2 unspecified atom stereocenters. The molecular weight excluding hydrogens is 264 g/mol. The number of fused-ring (bicyclic) bond motifs is 1. The molecule has 1 heterocycles. The molecule has 4 nitrogen and oxygen atoms in total. The first-order valence-corrected chi connectivity index (χ1v) is 7.78. The Morgan fingerprint density at radius 1 is 1.43 bits per heavy atom. The fourth-order valence-corrected chi connectivity index (χ4v) is 2.37. The minimum Gasteiger partial charge on any atom is -0.482 e. The maximum absolute atomic E-state index is 11.9. The maximum atomic E-state index is 11.9. The van der Waals surface area contributed by atoms with E-state index >= 15 is 0 Å². The molecule has 0 bridgehead atoms. The molecule has 0 saturated carbocycles. The fourth-order valence-electron chi connectivity index (χ4n) is 2.37. The predicted octanol–water partition coefficient (Wildman–Crippen LogP) is 2.97. The highest BCUT2D eigenvalue weighted by Gasteiger charge is 2.18. The van der Waals surface area contributed by atoms with Gasteiger partial charge in [-0.15, -0.1) is 0 Å². The van der Waals surface area contributed by atoms with Gasteiger partial charge in [-0.3, -0.25) is 4.79 Å². The van der Waals surface area contributed by atoms with Crippen LogP contribution in [0.4, 0.5) is 5.69 Å². The number of benzene rings is 1. The molecule has 0 aromatic heterocycles. The topological polar surface area (TPSA) is 50.4 Å². The Kier molecular flexibility index (Phi) is 5.10. The Balaban J connectivity index is 1.96. The van der Waals surface area contributed by atoms with Crippen LogP contribution < -0.4 is 15.4 Å². The number of nitrogens with one attached hydrogen (secondary N) is 2. The van der Waals surface area contributed by atoms with E-state index in [1.807, 2.05) is 19.1 Å². The lowest BCUT2D eigenvalue weighted by atomic mass is 9.98. The van der Waals surface area contributed by atoms with Gasteiger partial charge in [-0.05, 0) is 44.2 Å². The molecule has 1 aromatic carbocycles. The van der Waals surface area contributed by atoms with Crippen molar-refractivity contribution in [3.8, 4) is 5.75 Å². The summed E-state index contributed by atoms with van der Waals surface area (Å²) in [7, 11) is 0. The van der Waals surface area contributed by atoms with Gasteiger partial charge in [0, 0.05) is 12.1 Å². The zero-order chi connectivity index (χ0) is 15.4. The highest BCUT2D eigenvalue weighted by Crippen LogP contribution is 2.33. The van der Waals surface area contributed by atoms with E-state index in [0.717, 1.165) is 24.3 Å². The number of carbonyl (C=O) groups is 1. The highest BCUT2D eigenvalue weighted by molar-refractivity contribution is 5.78. The summed E-state index contributed by atoms with van der Waals surface area (Å²) in [4.78, 5) is 11.9. The van der Waals surface area contributed by atoms with Crippen molar-refractivity contribution in [3.63, 3.8) is 0 Å². The molecule has 1 aliphatic rings. The number of hydrogen-bond acceptors (Lipinski definition) is 3. The van der Waals surface area contributed by atoms with Crippen LogP contribution in [0.5, 0.6) is 5.75 Å². The molecule has 21 heavy (non-hydrogen) atoms. The maximum Gasteiger partial charge on any atom is 0.258 e. The molecule has 2 N–H and O–H groups in total. The van der Waals surface area contributed by atoms with Gasteiger partial charge in [-0.25, -0.2) is 0 Å². The van der Waals surface area contributed by atoms with Crippen LogP contribution in [0.25, 0.3) is 0 Å². The third-order valence-electron chi connectivity index (χ3n) is 4.10. The van der Waals surface area contributed by atoms with Crippen LogP contribution in [0.3, 0.4) is 0 Å². The molecule has 0 radical (unpaired) electrons. The number of hydrogen-bond donors (Lipinski definition) is 2. The van der Waals surface area contributed by atoms with E-state index in [2.05, 4.69) is 37.5 Å². The van der Waals surface area contributed by atoms with Crippen molar-refractivity contribution in [1.29, 1.82) is 0 Å².